The van der Waals surface area contributed by atoms with Crippen LogP contribution in [0.5, 0.6) is 5.75 Å². The Morgan fingerprint density at radius 1 is 1.21 bits per heavy atom. The van der Waals surface area contributed by atoms with Gasteiger partial charge in [-0.3, -0.25) is 0 Å². The molecular formula is C19H21ClN2O2. The number of halogens is 1. The summed E-state index contributed by atoms with van der Waals surface area (Å²) in [6.07, 6.45) is 0.705. The topological polar surface area (TPSA) is 50.4 Å². The summed E-state index contributed by atoms with van der Waals surface area (Å²) in [5, 5.41) is 6.52. The van der Waals surface area contributed by atoms with Crippen LogP contribution in [-0.2, 0) is 0 Å². The molecule has 2 aromatic rings. The van der Waals surface area contributed by atoms with Crippen LogP contribution in [0.25, 0.3) is 0 Å². The molecule has 1 atom stereocenters. The van der Waals surface area contributed by atoms with Gasteiger partial charge in [-0.25, -0.2) is 4.79 Å². The highest BCUT2D eigenvalue weighted by Gasteiger charge is 2.34. The number of hydrogen-bond donors (Lipinski definition) is 2. The normalized spacial score (nSPS) is 18.2. The average Bonchev–Trinajstić information content (AvgIpc) is 2.48. The van der Waals surface area contributed by atoms with Crippen molar-refractivity contribution in [2.45, 2.75) is 38.8 Å². The summed E-state index contributed by atoms with van der Waals surface area (Å²) < 4.78 is 6.06. The van der Waals surface area contributed by atoms with Gasteiger partial charge in [0.1, 0.15) is 11.4 Å². The van der Waals surface area contributed by atoms with Crippen molar-refractivity contribution >= 4 is 23.3 Å². The molecule has 0 radical (unpaired) electrons. The summed E-state index contributed by atoms with van der Waals surface area (Å²) in [4.78, 5) is 12.4. The summed E-state index contributed by atoms with van der Waals surface area (Å²) >= 11 is 5.86. The van der Waals surface area contributed by atoms with Crippen molar-refractivity contribution in [3.8, 4) is 5.75 Å². The number of aryl methyl sites for hydroxylation is 1. The van der Waals surface area contributed by atoms with Gasteiger partial charge in [0, 0.05) is 22.7 Å². The van der Waals surface area contributed by atoms with Gasteiger partial charge in [-0.05, 0) is 56.7 Å². The predicted molar refractivity (Wildman–Crippen MR) is 96.9 cm³/mol. The van der Waals surface area contributed by atoms with Gasteiger partial charge < -0.3 is 15.4 Å². The van der Waals surface area contributed by atoms with Gasteiger partial charge in [0.25, 0.3) is 0 Å². The number of fused-ring (bicyclic) bond motifs is 1. The van der Waals surface area contributed by atoms with Gasteiger partial charge in [0.05, 0.1) is 6.04 Å². The number of rotatable bonds is 2. The minimum atomic E-state index is -0.334. The lowest BCUT2D eigenvalue weighted by molar-refractivity contribution is 0.0682. The Morgan fingerprint density at radius 3 is 2.62 bits per heavy atom. The van der Waals surface area contributed by atoms with Crippen LogP contribution in [0, 0.1) is 6.92 Å². The molecule has 0 saturated carbocycles. The first-order valence-corrected chi connectivity index (χ1v) is 8.33. The molecule has 1 aliphatic heterocycles. The second-order valence-electron chi connectivity index (χ2n) is 6.77. The van der Waals surface area contributed by atoms with E-state index in [2.05, 4.69) is 10.6 Å². The molecule has 0 spiro atoms. The molecule has 0 saturated heterocycles. The average molecular weight is 345 g/mol. The fraction of sp³-hybridized carbons (Fsp3) is 0.316. The molecule has 126 valence electrons. The summed E-state index contributed by atoms with van der Waals surface area (Å²) in [6.45, 7) is 6.09. The predicted octanol–water partition coefficient (Wildman–Crippen LogP) is 5.07. The minimum Gasteiger partial charge on any atom is -0.487 e. The Hall–Kier alpha value is -2.20. The van der Waals surface area contributed by atoms with Crippen LogP contribution in [0.4, 0.5) is 10.5 Å². The quantitative estimate of drug-likeness (QED) is 0.798. The molecular weight excluding hydrogens is 324 g/mol. The van der Waals surface area contributed by atoms with E-state index in [9.17, 15) is 4.79 Å². The first kappa shape index (κ1) is 16.7. The van der Waals surface area contributed by atoms with Gasteiger partial charge in [-0.1, -0.05) is 23.7 Å². The molecule has 24 heavy (non-hydrogen) atoms. The van der Waals surface area contributed by atoms with E-state index in [1.807, 2.05) is 39.0 Å². The monoisotopic (exact) mass is 344 g/mol. The van der Waals surface area contributed by atoms with Crippen molar-refractivity contribution in [2.75, 3.05) is 5.32 Å². The Bertz CT molecular complexity index is 756. The molecule has 4 nitrogen and oxygen atoms in total. The van der Waals surface area contributed by atoms with Crippen molar-refractivity contribution < 1.29 is 9.53 Å². The smallest absolute Gasteiger partial charge is 0.319 e. The van der Waals surface area contributed by atoms with E-state index in [4.69, 9.17) is 16.3 Å². The van der Waals surface area contributed by atoms with Crippen LogP contribution < -0.4 is 15.4 Å². The second-order valence-corrected chi connectivity index (χ2v) is 7.20. The molecule has 5 heteroatoms. The maximum Gasteiger partial charge on any atom is 0.319 e. The van der Waals surface area contributed by atoms with Crippen molar-refractivity contribution in [2.24, 2.45) is 0 Å². The molecule has 3 rings (SSSR count). The fourth-order valence-electron chi connectivity index (χ4n) is 2.95. The number of anilines is 1. The van der Waals surface area contributed by atoms with E-state index in [0.717, 1.165) is 16.9 Å². The Labute approximate surface area is 147 Å². The van der Waals surface area contributed by atoms with E-state index < -0.39 is 0 Å². The van der Waals surface area contributed by atoms with Gasteiger partial charge in [-0.15, -0.1) is 0 Å². The molecule has 1 aliphatic rings. The van der Waals surface area contributed by atoms with Crippen LogP contribution in [-0.4, -0.2) is 11.6 Å². The molecule has 2 amide bonds. The lowest BCUT2D eigenvalue weighted by Crippen LogP contribution is -2.42. The number of carbonyl (C=O) groups excluding carboxylic acids is 1. The van der Waals surface area contributed by atoms with E-state index in [1.54, 1.807) is 24.3 Å². The fourth-order valence-corrected chi connectivity index (χ4v) is 3.07. The van der Waals surface area contributed by atoms with Gasteiger partial charge in [0.2, 0.25) is 0 Å². The molecule has 0 unspecified atom stereocenters. The van der Waals surface area contributed by atoms with Crippen molar-refractivity contribution in [3.63, 3.8) is 0 Å². The molecule has 0 bridgehead atoms. The number of nitrogens with one attached hydrogen (secondary N) is 2. The second kappa shape index (κ2) is 6.36. The Kier molecular flexibility index (Phi) is 4.41. The number of benzene rings is 2. The third-order valence-corrected chi connectivity index (χ3v) is 4.29. The van der Waals surface area contributed by atoms with Crippen LogP contribution in [0.3, 0.4) is 0 Å². The molecule has 2 N–H and O–H groups in total. The number of amides is 2. The Balaban J connectivity index is 1.76. The van der Waals surface area contributed by atoms with Crippen LogP contribution in [0.15, 0.2) is 42.5 Å². The summed E-state index contributed by atoms with van der Waals surface area (Å²) in [6, 6.07) is 12.8. The molecule has 0 aromatic heterocycles. The first-order chi connectivity index (χ1) is 11.3. The minimum absolute atomic E-state index is 0.100. The van der Waals surface area contributed by atoms with Crippen LogP contribution in [0.2, 0.25) is 5.02 Å². The van der Waals surface area contributed by atoms with Crippen LogP contribution in [0.1, 0.15) is 37.4 Å². The number of carbonyl (C=O) groups is 1. The van der Waals surface area contributed by atoms with E-state index in [-0.39, 0.29) is 17.7 Å². The largest absolute Gasteiger partial charge is 0.487 e. The van der Waals surface area contributed by atoms with Crippen molar-refractivity contribution in [1.82, 2.24) is 5.32 Å². The standard InChI is InChI=1S/C19H21ClN2O2/c1-12-4-9-15-16(11-19(2,3)24-17(15)10-12)22-18(23)21-14-7-5-13(20)6-8-14/h4-10,16H,11H2,1-3H3,(H2,21,22,23)/t16-/m0/s1. The van der Waals surface area contributed by atoms with Gasteiger partial charge in [-0.2, -0.15) is 0 Å². The van der Waals surface area contributed by atoms with Gasteiger partial charge >= 0.3 is 6.03 Å². The summed E-state index contributed by atoms with van der Waals surface area (Å²) in [5.74, 6) is 0.836. The van der Waals surface area contributed by atoms with E-state index >= 15 is 0 Å². The third-order valence-electron chi connectivity index (χ3n) is 4.03. The lowest BCUT2D eigenvalue weighted by Gasteiger charge is -2.38. The zero-order chi connectivity index (χ0) is 17.3. The van der Waals surface area contributed by atoms with Crippen molar-refractivity contribution in [3.05, 3.63) is 58.6 Å². The first-order valence-electron chi connectivity index (χ1n) is 7.95. The highest BCUT2D eigenvalue weighted by atomic mass is 35.5. The maximum absolute atomic E-state index is 12.4. The molecule has 1 heterocycles. The Morgan fingerprint density at radius 2 is 1.92 bits per heavy atom. The SMILES string of the molecule is Cc1ccc2c(c1)OC(C)(C)C[C@@H]2NC(=O)Nc1ccc(Cl)cc1. The zero-order valence-corrected chi connectivity index (χ0v) is 14.8. The lowest BCUT2D eigenvalue weighted by atomic mass is 9.89. The van der Waals surface area contributed by atoms with E-state index in [1.165, 1.54) is 0 Å². The third kappa shape index (κ3) is 3.82. The van der Waals surface area contributed by atoms with E-state index in [0.29, 0.717) is 17.1 Å². The zero-order valence-electron chi connectivity index (χ0n) is 14.0. The number of hydrogen-bond acceptors (Lipinski definition) is 2. The highest BCUT2D eigenvalue weighted by Crippen LogP contribution is 2.39. The molecule has 0 aliphatic carbocycles. The number of ether oxygens (including phenoxy) is 1. The maximum atomic E-state index is 12.4. The van der Waals surface area contributed by atoms with Crippen molar-refractivity contribution in [1.29, 1.82) is 0 Å². The summed E-state index contributed by atoms with van der Waals surface area (Å²) in [7, 11) is 0. The molecule has 0 fully saturated rings. The summed E-state index contributed by atoms with van der Waals surface area (Å²) in [5.41, 5.74) is 2.51. The van der Waals surface area contributed by atoms with Gasteiger partial charge in [0.15, 0.2) is 0 Å². The molecule has 2 aromatic carbocycles. The highest BCUT2D eigenvalue weighted by molar-refractivity contribution is 6.30. The van der Waals surface area contributed by atoms with Crippen LogP contribution >= 0.6 is 11.6 Å². The number of urea groups is 1.